The molecule has 0 aliphatic heterocycles. The van der Waals surface area contributed by atoms with Gasteiger partial charge in [0.25, 0.3) is 0 Å². The highest BCUT2D eigenvalue weighted by Gasteiger charge is 2.17. The first-order chi connectivity index (χ1) is 12.4. The third kappa shape index (κ3) is 4.88. The van der Waals surface area contributed by atoms with Gasteiger partial charge < -0.3 is 5.32 Å². The number of hydrogen-bond acceptors (Lipinski definition) is 5. The van der Waals surface area contributed by atoms with Crippen molar-refractivity contribution in [3.05, 3.63) is 36.4 Å². The minimum Gasteiger partial charge on any atom is -0.326 e. The quantitative estimate of drug-likeness (QED) is 0.867. The molecular weight excluding hydrogens is 350 g/mol. The number of nitrogens with zero attached hydrogens (tertiary/aromatic N) is 2. The van der Waals surface area contributed by atoms with Crippen molar-refractivity contribution in [2.75, 3.05) is 11.6 Å². The zero-order valence-corrected chi connectivity index (χ0v) is 15.6. The third-order valence-corrected chi connectivity index (χ3v) is 5.64. The average Bonchev–Trinajstić information content (AvgIpc) is 2.62. The number of rotatable bonds is 5. The lowest BCUT2D eigenvalue weighted by Crippen LogP contribution is -2.18. The Morgan fingerprint density at radius 2 is 1.88 bits per heavy atom. The number of sulfone groups is 1. The zero-order chi connectivity index (χ0) is 18.6. The summed E-state index contributed by atoms with van der Waals surface area (Å²) in [6, 6.07) is 10.4. The standard InChI is InChI=1S/C19H23N3O3S/c1-26(24,25)19-11-10-17(21-22-19)15-8-5-9-16(13-15)20-18(23)12-14-6-3-2-4-7-14/h5,8-11,13-14H,2-4,6-7,12H2,1H3,(H,20,23). The fourth-order valence-electron chi connectivity index (χ4n) is 3.29. The van der Waals surface area contributed by atoms with Crippen LogP contribution in [0.2, 0.25) is 0 Å². The summed E-state index contributed by atoms with van der Waals surface area (Å²) in [4.78, 5) is 12.3. The van der Waals surface area contributed by atoms with Crippen molar-refractivity contribution >= 4 is 21.4 Å². The Hall–Kier alpha value is -2.28. The number of benzene rings is 1. The van der Waals surface area contributed by atoms with E-state index < -0.39 is 9.84 Å². The van der Waals surface area contributed by atoms with E-state index in [0.717, 1.165) is 24.7 Å². The molecular formula is C19H23N3O3S. The maximum Gasteiger partial charge on any atom is 0.224 e. The molecule has 138 valence electrons. The second-order valence-corrected chi connectivity index (χ2v) is 8.83. The summed E-state index contributed by atoms with van der Waals surface area (Å²) in [5.41, 5.74) is 2.03. The molecule has 0 radical (unpaired) electrons. The lowest BCUT2D eigenvalue weighted by atomic mass is 9.87. The molecule has 26 heavy (non-hydrogen) atoms. The predicted octanol–water partition coefficient (Wildman–Crippen LogP) is 3.46. The van der Waals surface area contributed by atoms with Gasteiger partial charge in [0.2, 0.25) is 5.91 Å². The lowest BCUT2D eigenvalue weighted by molar-refractivity contribution is -0.117. The van der Waals surface area contributed by atoms with Gasteiger partial charge in [0, 0.05) is 23.9 Å². The van der Waals surface area contributed by atoms with Crippen LogP contribution < -0.4 is 5.32 Å². The van der Waals surface area contributed by atoms with Crippen molar-refractivity contribution in [2.24, 2.45) is 5.92 Å². The summed E-state index contributed by atoms with van der Waals surface area (Å²) in [5, 5.41) is 10.7. The van der Waals surface area contributed by atoms with Crippen LogP contribution in [0.4, 0.5) is 5.69 Å². The second kappa shape index (κ2) is 7.95. The number of aromatic nitrogens is 2. The SMILES string of the molecule is CS(=O)(=O)c1ccc(-c2cccc(NC(=O)CC3CCCCC3)c2)nn1. The van der Waals surface area contributed by atoms with E-state index in [4.69, 9.17) is 0 Å². The predicted molar refractivity (Wildman–Crippen MR) is 100 cm³/mol. The molecule has 0 unspecified atom stereocenters. The Morgan fingerprint density at radius 1 is 1.12 bits per heavy atom. The molecule has 1 aromatic carbocycles. The molecule has 0 saturated heterocycles. The molecule has 7 heteroatoms. The van der Waals surface area contributed by atoms with Gasteiger partial charge >= 0.3 is 0 Å². The van der Waals surface area contributed by atoms with Gasteiger partial charge in [0.1, 0.15) is 0 Å². The number of amides is 1. The van der Waals surface area contributed by atoms with Crippen molar-refractivity contribution in [2.45, 2.75) is 43.6 Å². The largest absolute Gasteiger partial charge is 0.326 e. The van der Waals surface area contributed by atoms with Crippen molar-refractivity contribution in [3.63, 3.8) is 0 Å². The topological polar surface area (TPSA) is 89.0 Å². The smallest absolute Gasteiger partial charge is 0.224 e. The highest BCUT2D eigenvalue weighted by atomic mass is 32.2. The highest BCUT2D eigenvalue weighted by Crippen LogP contribution is 2.27. The summed E-state index contributed by atoms with van der Waals surface area (Å²) < 4.78 is 22.9. The van der Waals surface area contributed by atoms with Gasteiger partial charge in [0.05, 0.1) is 5.69 Å². The molecule has 0 atom stereocenters. The maximum atomic E-state index is 12.3. The summed E-state index contributed by atoms with van der Waals surface area (Å²) in [6.45, 7) is 0. The molecule has 1 N–H and O–H groups in total. The Bertz CT molecular complexity index is 873. The highest BCUT2D eigenvalue weighted by molar-refractivity contribution is 7.90. The van der Waals surface area contributed by atoms with Gasteiger partial charge in [-0.15, -0.1) is 10.2 Å². The van der Waals surface area contributed by atoms with Crippen LogP contribution in [0.15, 0.2) is 41.4 Å². The van der Waals surface area contributed by atoms with E-state index in [-0.39, 0.29) is 10.9 Å². The number of hydrogen-bond donors (Lipinski definition) is 1. The van der Waals surface area contributed by atoms with Gasteiger partial charge in [-0.1, -0.05) is 31.4 Å². The Kier molecular flexibility index (Phi) is 5.66. The molecule has 1 amide bonds. The molecule has 6 nitrogen and oxygen atoms in total. The fourth-order valence-corrected chi connectivity index (χ4v) is 3.80. The normalized spacial score (nSPS) is 15.6. The molecule has 1 aliphatic rings. The molecule has 1 saturated carbocycles. The number of carbonyl (C=O) groups is 1. The first-order valence-electron chi connectivity index (χ1n) is 8.86. The monoisotopic (exact) mass is 373 g/mol. The molecule has 1 aliphatic carbocycles. The first kappa shape index (κ1) is 18.5. The Morgan fingerprint density at radius 3 is 2.54 bits per heavy atom. The molecule has 1 fully saturated rings. The van der Waals surface area contributed by atoms with E-state index in [9.17, 15) is 13.2 Å². The van der Waals surface area contributed by atoms with Crippen molar-refractivity contribution < 1.29 is 13.2 Å². The first-order valence-corrected chi connectivity index (χ1v) is 10.7. The molecule has 2 aromatic rings. The summed E-state index contributed by atoms with van der Waals surface area (Å²) >= 11 is 0. The average molecular weight is 373 g/mol. The van der Waals surface area contributed by atoms with E-state index in [1.54, 1.807) is 6.07 Å². The molecule has 1 aromatic heterocycles. The molecule has 1 heterocycles. The number of nitrogens with one attached hydrogen (secondary N) is 1. The van der Waals surface area contributed by atoms with Crippen LogP contribution in [0.3, 0.4) is 0 Å². The van der Waals surface area contributed by atoms with Crippen LogP contribution in [0.5, 0.6) is 0 Å². The van der Waals surface area contributed by atoms with Crippen molar-refractivity contribution in [1.29, 1.82) is 0 Å². The number of carbonyl (C=O) groups excluding carboxylic acids is 1. The van der Waals surface area contributed by atoms with Crippen LogP contribution in [-0.4, -0.2) is 30.8 Å². The third-order valence-electron chi connectivity index (χ3n) is 4.66. The van der Waals surface area contributed by atoms with Gasteiger partial charge in [-0.05, 0) is 43.0 Å². The van der Waals surface area contributed by atoms with Gasteiger partial charge in [-0.3, -0.25) is 4.79 Å². The van der Waals surface area contributed by atoms with Crippen LogP contribution in [0.25, 0.3) is 11.3 Å². The van der Waals surface area contributed by atoms with Gasteiger partial charge in [0.15, 0.2) is 14.9 Å². The summed E-state index contributed by atoms with van der Waals surface area (Å²) in [7, 11) is -3.37. The number of anilines is 1. The summed E-state index contributed by atoms with van der Waals surface area (Å²) in [6.07, 6.45) is 7.64. The minimum atomic E-state index is -3.37. The van der Waals surface area contributed by atoms with E-state index in [1.807, 2.05) is 24.3 Å². The van der Waals surface area contributed by atoms with E-state index in [1.165, 1.54) is 25.3 Å². The van der Waals surface area contributed by atoms with E-state index in [0.29, 0.717) is 23.7 Å². The van der Waals surface area contributed by atoms with Crippen LogP contribution in [0.1, 0.15) is 38.5 Å². The Balaban J connectivity index is 1.68. The zero-order valence-electron chi connectivity index (χ0n) is 14.8. The van der Waals surface area contributed by atoms with Crippen LogP contribution in [-0.2, 0) is 14.6 Å². The fraction of sp³-hybridized carbons (Fsp3) is 0.421. The van der Waals surface area contributed by atoms with Crippen LogP contribution >= 0.6 is 0 Å². The molecule has 0 bridgehead atoms. The van der Waals surface area contributed by atoms with Gasteiger partial charge in [-0.25, -0.2) is 8.42 Å². The van der Waals surface area contributed by atoms with Crippen molar-refractivity contribution in [1.82, 2.24) is 10.2 Å². The van der Waals surface area contributed by atoms with Crippen LogP contribution in [0, 0.1) is 5.92 Å². The maximum absolute atomic E-state index is 12.3. The lowest BCUT2D eigenvalue weighted by Gasteiger charge is -2.20. The molecule has 0 spiro atoms. The second-order valence-electron chi connectivity index (χ2n) is 6.87. The van der Waals surface area contributed by atoms with E-state index in [2.05, 4.69) is 15.5 Å². The van der Waals surface area contributed by atoms with E-state index >= 15 is 0 Å². The van der Waals surface area contributed by atoms with Crippen molar-refractivity contribution in [3.8, 4) is 11.3 Å². The summed E-state index contributed by atoms with van der Waals surface area (Å²) in [5.74, 6) is 0.522. The minimum absolute atomic E-state index is 0.0348. The van der Waals surface area contributed by atoms with Gasteiger partial charge in [-0.2, -0.15) is 0 Å². The molecule has 3 rings (SSSR count). The Labute approximate surface area is 154 Å².